The van der Waals surface area contributed by atoms with E-state index in [2.05, 4.69) is 0 Å². The minimum absolute atomic E-state index is 0.0220. The van der Waals surface area contributed by atoms with Crippen LogP contribution in [0.1, 0.15) is 23.3 Å². The Kier molecular flexibility index (Phi) is 6.57. The summed E-state index contributed by atoms with van der Waals surface area (Å²) in [5.41, 5.74) is 0.897. The van der Waals surface area contributed by atoms with E-state index in [0.29, 0.717) is 37.4 Å². The molecule has 0 spiro atoms. The first-order valence-electron chi connectivity index (χ1n) is 9.31. The van der Waals surface area contributed by atoms with Crippen LogP contribution in [0, 0.1) is 0 Å². The molecule has 0 saturated carbocycles. The van der Waals surface area contributed by atoms with Gasteiger partial charge in [-0.3, -0.25) is 9.59 Å². The summed E-state index contributed by atoms with van der Waals surface area (Å²) in [7, 11) is 4.97. The molecule has 0 bridgehead atoms. The van der Waals surface area contributed by atoms with Gasteiger partial charge in [-0.1, -0.05) is 6.07 Å². The summed E-state index contributed by atoms with van der Waals surface area (Å²) in [6.07, 6.45) is 1.92. The van der Waals surface area contributed by atoms with Crippen LogP contribution in [-0.4, -0.2) is 55.5 Å². The number of hydrogen-bond donors (Lipinski definition) is 0. The molecule has 3 rings (SSSR count). The van der Waals surface area contributed by atoms with Crippen molar-refractivity contribution in [1.29, 1.82) is 0 Å². The van der Waals surface area contributed by atoms with Crippen LogP contribution in [0.5, 0.6) is 11.5 Å². The number of thiophene rings is 1. The largest absolute Gasteiger partial charge is 0.497 e. The Morgan fingerprint density at radius 3 is 2.75 bits per heavy atom. The number of hydrogen-bond acceptors (Lipinski definition) is 5. The molecule has 1 atom stereocenters. The van der Waals surface area contributed by atoms with Crippen LogP contribution < -0.4 is 9.47 Å². The van der Waals surface area contributed by atoms with Crippen LogP contribution in [0.2, 0.25) is 0 Å². The second kappa shape index (κ2) is 9.10. The van der Waals surface area contributed by atoms with Crippen molar-refractivity contribution in [2.45, 2.75) is 31.8 Å². The van der Waals surface area contributed by atoms with Crippen molar-refractivity contribution in [1.82, 2.24) is 9.80 Å². The lowest BCUT2D eigenvalue weighted by Gasteiger charge is -2.28. The molecule has 1 aromatic heterocycles. The second-order valence-electron chi connectivity index (χ2n) is 6.87. The van der Waals surface area contributed by atoms with Crippen molar-refractivity contribution in [3.8, 4) is 11.5 Å². The summed E-state index contributed by atoms with van der Waals surface area (Å²) in [5.74, 6) is 1.37. The normalized spacial score (nSPS) is 16.1. The van der Waals surface area contributed by atoms with Gasteiger partial charge < -0.3 is 19.3 Å². The van der Waals surface area contributed by atoms with Crippen LogP contribution in [0.25, 0.3) is 0 Å². The van der Waals surface area contributed by atoms with Crippen molar-refractivity contribution < 1.29 is 19.1 Å². The van der Waals surface area contributed by atoms with E-state index in [1.165, 1.54) is 0 Å². The van der Waals surface area contributed by atoms with E-state index in [-0.39, 0.29) is 17.9 Å². The number of amides is 2. The molecule has 0 N–H and O–H groups in total. The summed E-state index contributed by atoms with van der Waals surface area (Å²) in [5, 5.41) is 1.96. The first kappa shape index (κ1) is 20.2. The van der Waals surface area contributed by atoms with Crippen LogP contribution >= 0.6 is 11.3 Å². The van der Waals surface area contributed by atoms with Gasteiger partial charge in [0.05, 0.1) is 20.6 Å². The molecule has 1 unspecified atom stereocenters. The molecule has 1 saturated heterocycles. The maximum Gasteiger partial charge on any atom is 0.245 e. The van der Waals surface area contributed by atoms with E-state index in [1.54, 1.807) is 48.5 Å². The zero-order chi connectivity index (χ0) is 20.1. The van der Waals surface area contributed by atoms with Crippen LogP contribution in [0.15, 0.2) is 35.7 Å². The summed E-state index contributed by atoms with van der Waals surface area (Å²) < 4.78 is 10.7. The van der Waals surface area contributed by atoms with Gasteiger partial charge >= 0.3 is 0 Å². The van der Waals surface area contributed by atoms with Gasteiger partial charge in [-0.05, 0) is 36.4 Å². The zero-order valence-electron chi connectivity index (χ0n) is 16.5. The third-order valence-corrected chi connectivity index (χ3v) is 5.92. The number of nitrogens with zero attached hydrogens (tertiary/aromatic N) is 2. The number of likely N-dealkylation sites (N-methyl/N-ethyl adjacent to an activating group) is 1. The molecular formula is C21H26N2O4S. The van der Waals surface area contributed by atoms with Crippen molar-refractivity contribution in [2.75, 3.05) is 27.8 Å². The van der Waals surface area contributed by atoms with Crippen LogP contribution in [-0.2, 0) is 22.6 Å². The average Bonchev–Trinajstić information content (AvgIpc) is 3.39. The Balaban J connectivity index is 1.67. The highest BCUT2D eigenvalue weighted by Gasteiger charge is 2.35. The lowest BCUT2D eigenvalue weighted by Crippen LogP contribution is -2.46. The lowest BCUT2D eigenvalue weighted by atomic mass is 10.1. The number of carbonyl (C=O) groups excluding carboxylic acids is 2. The highest BCUT2D eigenvalue weighted by molar-refractivity contribution is 7.10. The van der Waals surface area contributed by atoms with Gasteiger partial charge in [0.15, 0.2) is 0 Å². The molecule has 150 valence electrons. The van der Waals surface area contributed by atoms with Crippen molar-refractivity contribution in [3.63, 3.8) is 0 Å². The molecule has 1 aromatic carbocycles. The number of ether oxygens (including phenoxy) is 2. The van der Waals surface area contributed by atoms with Gasteiger partial charge in [0.25, 0.3) is 0 Å². The summed E-state index contributed by atoms with van der Waals surface area (Å²) in [6.45, 7) is 1.05. The molecular weight excluding hydrogens is 376 g/mol. The molecule has 2 heterocycles. The second-order valence-corrected chi connectivity index (χ2v) is 7.91. The molecule has 28 heavy (non-hydrogen) atoms. The lowest BCUT2D eigenvalue weighted by molar-refractivity contribution is -0.143. The van der Waals surface area contributed by atoms with Gasteiger partial charge in [-0.2, -0.15) is 0 Å². The van der Waals surface area contributed by atoms with Crippen LogP contribution in [0.4, 0.5) is 0 Å². The predicted octanol–water partition coefficient (Wildman–Crippen LogP) is 2.96. The fourth-order valence-electron chi connectivity index (χ4n) is 3.56. The number of likely N-dealkylation sites (tertiary alicyclic amines) is 1. The topological polar surface area (TPSA) is 59.1 Å². The number of rotatable bonds is 7. The van der Waals surface area contributed by atoms with E-state index in [4.69, 9.17) is 9.47 Å². The standard InChI is InChI=1S/C21H26N2O4S/c1-22(14-15-8-9-16(26-2)12-19(15)27-3)21(25)18-7-4-10-23(18)20(24)13-17-6-5-11-28-17/h5-6,8-9,11-12,18H,4,7,10,13-14H2,1-3H3. The Labute approximate surface area is 169 Å². The average molecular weight is 403 g/mol. The predicted molar refractivity (Wildman–Crippen MR) is 109 cm³/mol. The molecule has 7 heteroatoms. The van der Waals surface area contributed by atoms with Gasteiger partial charge in [-0.15, -0.1) is 11.3 Å². The summed E-state index contributed by atoms with van der Waals surface area (Å²) >= 11 is 1.57. The van der Waals surface area contributed by atoms with E-state index in [1.807, 2.05) is 29.6 Å². The zero-order valence-corrected chi connectivity index (χ0v) is 17.3. The molecule has 1 aliphatic rings. The van der Waals surface area contributed by atoms with E-state index in [9.17, 15) is 9.59 Å². The summed E-state index contributed by atoms with van der Waals surface area (Å²) in [6, 6.07) is 9.06. The summed E-state index contributed by atoms with van der Waals surface area (Å²) in [4.78, 5) is 30.2. The Hall–Kier alpha value is -2.54. The quantitative estimate of drug-likeness (QED) is 0.715. The minimum atomic E-state index is -0.387. The first-order chi connectivity index (χ1) is 13.5. The molecule has 1 aliphatic heterocycles. The fourth-order valence-corrected chi connectivity index (χ4v) is 4.25. The number of carbonyl (C=O) groups is 2. The number of benzene rings is 1. The van der Waals surface area contributed by atoms with Gasteiger partial charge in [0.1, 0.15) is 17.5 Å². The molecule has 2 amide bonds. The molecule has 1 fully saturated rings. The monoisotopic (exact) mass is 402 g/mol. The van der Waals surface area contributed by atoms with Crippen LogP contribution in [0.3, 0.4) is 0 Å². The molecule has 6 nitrogen and oxygen atoms in total. The van der Waals surface area contributed by atoms with E-state index >= 15 is 0 Å². The van der Waals surface area contributed by atoms with E-state index in [0.717, 1.165) is 16.9 Å². The first-order valence-corrected chi connectivity index (χ1v) is 10.2. The Bertz CT molecular complexity index is 822. The van der Waals surface area contributed by atoms with Crippen molar-refractivity contribution >= 4 is 23.2 Å². The molecule has 0 radical (unpaired) electrons. The highest BCUT2D eigenvalue weighted by atomic mass is 32.1. The maximum absolute atomic E-state index is 13.1. The fraction of sp³-hybridized carbons (Fsp3) is 0.429. The smallest absolute Gasteiger partial charge is 0.245 e. The SMILES string of the molecule is COc1ccc(CN(C)C(=O)C2CCCN2C(=O)Cc2cccs2)c(OC)c1. The Morgan fingerprint density at radius 1 is 1.25 bits per heavy atom. The van der Waals surface area contributed by atoms with Gasteiger partial charge in [0.2, 0.25) is 11.8 Å². The van der Waals surface area contributed by atoms with Gasteiger partial charge in [0, 0.05) is 36.6 Å². The van der Waals surface area contributed by atoms with Gasteiger partial charge in [-0.25, -0.2) is 0 Å². The van der Waals surface area contributed by atoms with Crippen molar-refractivity contribution in [3.05, 3.63) is 46.2 Å². The van der Waals surface area contributed by atoms with E-state index < -0.39 is 0 Å². The molecule has 2 aromatic rings. The minimum Gasteiger partial charge on any atom is -0.497 e. The third-order valence-electron chi connectivity index (χ3n) is 5.04. The Morgan fingerprint density at radius 2 is 2.07 bits per heavy atom. The number of methoxy groups -OCH3 is 2. The maximum atomic E-state index is 13.1. The third kappa shape index (κ3) is 4.47. The highest BCUT2D eigenvalue weighted by Crippen LogP contribution is 2.27. The van der Waals surface area contributed by atoms with Crippen molar-refractivity contribution in [2.24, 2.45) is 0 Å². The molecule has 0 aliphatic carbocycles.